The maximum absolute atomic E-state index is 14.0. The molecule has 25 heavy (non-hydrogen) atoms. The normalized spacial score (nSPS) is 12.9. The molecule has 2 amide bonds. The minimum absolute atomic E-state index is 0.0397. The zero-order chi connectivity index (χ0) is 18.3. The first-order valence-electron chi connectivity index (χ1n) is 7.86. The van der Waals surface area contributed by atoms with Crippen molar-refractivity contribution in [3.63, 3.8) is 0 Å². The van der Waals surface area contributed by atoms with Crippen LogP contribution in [0.2, 0.25) is 0 Å². The molecule has 0 saturated carbocycles. The fourth-order valence-corrected chi connectivity index (χ4v) is 2.36. The van der Waals surface area contributed by atoms with Gasteiger partial charge in [0.05, 0.1) is 6.54 Å². The molecule has 1 atom stereocenters. The second-order valence-electron chi connectivity index (χ2n) is 5.77. The molecule has 2 rings (SSSR count). The molecule has 0 saturated heterocycles. The van der Waals surface area contributed by atoms with Gasteiger partial charge in [0.15, 0.2) is 0 Å². The molecular formula is C19H21FN2O3. The van der Waals surface area contributed by atoms with E-state index in [1.807, 2.05) is 30.3 Å². The van der Waals surface area contributed by atoms with E-state index in [-0.39, 0.29) is 13.1 Å². The van der Waals surface area contributed by atoms with Crippen molar-refractivity contribution in [3.8, 4) is 0 Å². The van der Waals surface area contributed by atoms with Crippen LogP contribution in [0.25, 0.3) is 0 Å². The summed E-state index contributed by atoms with van der Waals surface area (Å²) in [6.45, 7) is 1.86. The summed E-state index contributed by atoms with van der Waals surface area (Å²) in [5, 5.41) is 5.03. The molecule has 0 aromatic heterocycles. The Hall–Kier alpha value is -2.73. The monoisotopic (exact) mass is 344 g/mol. The predicted octanol–water partition coefficient (Wildman–Crippen LogP) is 2.12. The highest BCUT2D eigenvalue weighted by atomic mass is 19.1. The van der Waals surface area contributed by atoms with Crippen LogP contribution < -0.4 is 10.6 Å². The van der Waals surface area contributed by atoms with Crippen LogP contribution in [0, 0.1) is 5.82 Å². The van der Waals surface area contributed by atoms with Crippen LogP contribution in [-0.4, -0.2) is 25.5 Å². The fourth-order valence-electron chi connectivity index (χ4n) is 2.36. The van der Waals surface area contributed by atoms with Gasteiger partial charge in [0.2, 0.25) is 0 Å². The van der Waals surface area contributed by atoms with E-state index in [0.717, 1.165) is 5.56 Å². The van der Waals surface area contributed by atoms with E-state index in [9.17, 15) is 14.0 Å². The summed E-state index contributed by atoms with van der Waals surface area (Å²) in [6.07, 6.45) is 0. The molecule has 6 heteroatoms. The summed E-state index contributed by atoms with van der Waals surface area (Å²) in [5.74, 6) is -1.99. The van der Waals surface area contributed by atoms with Gasteiger partial charge >= 0.3 is 11.8 Å². The summed E-state index contributed by atoms with van der Waals surface area (Å²) in [4.78, 5) is 23.9. The van der Waals surface area contributed by atoms with Crippen molar-refractivity contribution >= 4 is 11.8 Å². The maximum atomic E-state index is 14.0. The van der Waals surface area contributed by atoms with Gasteiger partial charge in [0.25, 0.3) is 0 Å². The van der Waals surface area contributed by atoms with Crippen molar-refractivity contribution < 1.29 is 18.7 Å². The van der Waals surface area contributed by atoms with E-state index in [4.69, 9.17) is 4.74 Å². The molecule has 2 aromatic rings. The van der Waals surface area contributed by atoms with Gasteiger partial charge < -0.3 is 15.4 Å². The lowest BCUT2D eigenvalue weighted by Gasteiger charge is -2.29. The third kappa shape index (κ3) is 4.87. The number of rotatable bonds is 6. The van der Waals surface area contributed by atoms with Gasteiger partial charge in [-0.3, -0.25) is 9.59 Å². The average molecular weight is 344 g/mol. The summed E-state index contributed by atoms with van der Waals surface area (Å²) in [6, 6.07) is 15.4. The van der Waals surface area contributed by atoms with Crippen molar-refractivity contribution in [3.05, 3.63) is 71.5 Å². The fraction of sp³-hybridized carbons (Fsp3) is 0.263. The highest BCUT2D eigenvalue weighted by molar-refractivity contribution is 6.35. The zero-order valence-corrected chi connectivity index (χ0v) is 14.2. The molecule has 0 heterocycles. The highest BCUT2D eigenvalue weighted by Crippen LogP contribution is 2.26. The summed E-state index contributed by atoms with van der Waals surface area (Å²) >= 11 is 0. The van der Waals surface area contributed by atoms with Crippen molar-refractivity contribution in [2.24, 2.45) is 0 Å². The minimum Gasteiger partial charge on any atom is -0.372 e. The molecular weight excluding hydrogens is 323 g/mol. The number of ether oxygens (including phenoxy) is 1. The van der Waals surface area contributed by atoms with Crippen LogP contribution in [0.4, 0.5) is 4.39 Å². The quantitative estimate of drug-likeness (QED) is 0.789. The number of amides is 2. The first-order valence-corrected chi connectivity index (χ1v) is 7.86. The first-order chi connectivity index (χ1) is 12.0. The molecule has 0 fully saturated rings. The average Bonchev–Trinajstić information content (AvgIpc) is 2.65. The van der Waals surface area contributed by atoms with Gasteiger partial charge in [-0.15, -0.1) is 0 Å². The molecule has 0 aliphatic rings. The Kier molecular flexibility index (Phi) is 6.25. The molecule has 2 N–H and O–H groups in total. The molecule has 2 aromatic carbocycles. The molecule has 5 nitrogen and oxygen atoms in total. The van der Waals surface area contributed by atoms with Crippen molar-refractivity contribution in [2.45, 2.75) is 19.1 Å². The number of halogens is 1. The number of hydrogen-bond acceptors (Lipinski definition) is 3. The Morgan fingerprint density at radius 3 is 2.24 bits per heavy atom. The molecule has 0 spiro atoms. The lowest BCUT2D eigenvalue weighted by Crippen LogP contribution is -2.46. The summed E-state index contributed by atoms with van der Waals surface area (Å²) in [7, 11) is 1.42. The molecule has 0 bridgehead atoms. The summed E-state index contributed by atoms with van der Waals surface area (Å²) in [5.41, 5.74) is 0.111. The lowest BCUT2D eigenvalue weighted by molar-refractivity contribution is -0.140. The van der Waals surface area contributed by atoms with Gasteiger partial charge in [0.1, 0.15) is 11.4 Å². The predicted molar refractivity (Wildman–Crippen MR) is 92.1 cm³/mol. The van der Waals surface area contributed by atoms with Crippen molar-refractivity contribution in [1.29, 1.82) is 0 Å². The van der Waals surface area contributed by atoms with Crippen LogP contribution in [0.5, 0.6) is 0 Å². The molecule has 0 radical (unpaired) electrons. The number of methoxy groups -OCH3 is 1. The van der Waals surface area contributed by atoms with Crippen molar-refractivity contribution in [2.75, 3.05) is 13.7 Å². The number of benzene rings is 2. The summed E-state index contributed by atoms with van der Waals surface area (Å²) < 4.78 is 19.4. The van der Waals surface area contributed by atoms with E-state index in [1.165, 1.54) is 13.2 Å². The van der Waals surface area contributed by atoms with Gasteiger partial charge in [0, 0.05) is 19.2 Å². The first kappa shape index (κ1) is 18.6. The molecule has 0 aliphatic carbocycles. The number of carbonyl (C=O) groups is 2. The Morgan fingerprint density at radius 2 is 1.60 bits per heavy atom. The second kappa shape index (κ2) is 8.39. The number of carbonyl (C=O) groups excluding carboxylic acids is 2. The second-order valence-corrected chi connectivity index (χ2v) is 5.77. The van der Waals surface area contributed by atoms with Crippen LogP contribution in [0.1, 0.15) is 18.1 Å². The van der Waals surface area contributed by atoms with Gasteiger partial charge in [-0.1, -0.05) is 48.5 Å². The van der Waals surface area contributed by atoms with E-state index in [0.29, 0.717) is 5.56 Å². The van der Waals surface area contributed by atoms with E-state index >= 15 is 0 Å². The van der Waals surface area contributed by atoms with Crippen LogP contribution in [-0.2, 0) is 26.5 Å². The lowest BCUT2D eigenvalue weighted by atomic mass is 9.95. The van der Waals surface area contributed by atoms with Gasteiger partial charge in [-0.25, -0.2) is 4.39 Å². The van der Waals surface area contributed by atoms with E-state index in [2.05, 4.69) is 10.6 Å². The van der Waals surface area contributed by atoms with Crippen LogP contribution >= 0.6 is 0 Å². The Balaban J connectivity index is 1.93. The Morgan fingerprint density at radius 1 is 1.00 bits per heavy atom. The Bertz CT molecular complexity index is 736. The number of hydrogen-bond donors (Lipinski definition) is 2. The Labute approximate surface area is 146 Å². The minimum atomic E-state index is -1.08. The van der Waals surface area contributed by atoms with Crippen LogP contribution in [0.15, 0.2) is 54.6 Å². The third-order valence-electron chi connectivity index (χ3n) is 3.98. The van der Waals surface area contributed by atoms with Crippen molar-refractivity contribution in [1.82, 2.24) is 10.6 Å². The molecule has 0 aliphatic heterocycles. The highest BCUT2D eigenvalue weighted by Gasteiger charge is 2.30. The van der Waals surface area contributed by atoms with Crippen LogP contribution in [0.3, 0.4) is 0 Å². The molecule has 1 unspecified atom stereocenters. The van der Waals surface area contributed by atoms with E-state index in [1.54, 1.807) is 25.1 Å². The largest absolute Gasteiger partial charge is 0.372 e. The van der Waals surface area contributed by atoms with Gasteiger partial charge in [-0.2, -0.15) is 0 Å². The zero-order valence-electron chi connectivity index (χ0n) is 14.2. The SMILES string of the molecule is COC(C)(CNC(=O)C(=O)NCc1ccccc1)c1ccccc1F. The maximum Gasteiger partial charge on any atom is 0.309 e. The standard InChI is InChI=1S/C19H21FN2O3/c1-19(25-2,15-10-6-7-11-16(15)20)13-22-18(24)17(23)21-12-14-8-4-3-5-9-14/h3-11H,12-13H2,1-2H3,(H,21,23)(H,22,24). The third-order valence-corrected chi connectivity index (χ3v) is 3.98. The smallest absolute Gasteiger partial charge is 0.309 e. The number of nitrogens with one attached hydrogen (secondary N) is 2. The van der Waals surface area contributed by atoms with Gasteiger partial charge in [-0.05, 0) is 18.6 Å². The topological polar surface area (TPSA) is 67.4 Å². The molecule has 132 valence electrons. The van der Waals surface area contributed by atoms with E-state index < -0.39 is 23.2 Å².